The molecule has 5 rings (SSSR count). The van der Waals surface area contributed by atoms with Crippen molar-refractivity contribution in [3.05, 3.63) is 29.8 Å². The smallest absolute Gasteiger partial charge is 0.167 e. The van der Waals surface area contributed by atoms with Crippen molar-refractivity contribution in [3.63, 3.8) is 0 Å². The lowest BCUT2D eigenvalue weighted by Crippen LogP contribution is -2.49. The molecule has 4 saturated carbocycles. The van der Waals surface area contributed by atoms with Crippen molar-refractivity contribution in [2.24, 2.45) is 23.2 Å². The number of methoxy groups -OCH3 is 2. The van der Waals surface area contributed by atoms with Gasteiger partial charge in [-0.2, -0.15) is 0 Å². The zero-order valence-electron chi connectivity index (χ0n) is 14.6. The van der Waals surface area contributed by atoms with Gasteiger partial charge in [0.1, 0.15) is 0 Å². The van der Waals surface area contributed by atoms with Crippen LogP contribution in [-0.4, -0.2) is 20.0 Å². The Morgan fingerprint density at radius 1 is 1.04 bits per heavy atom. The number of carbonyl (C=O) groups excluding carboxylic acids is 1. The van der Waals surface area contributed by atoms with Crippen molar-refractivity contribution in [1.82, 2.24) is 0 Å². The van der Waals surface area contributed by atoms with Crippen LogP contribution >= 0.6 is 0 Å². The molecule has 0 heterocycles. The quantitative estimate of drug-likeness (QED) is 0.747. The van der Waals surface area contributed by atoms with Crippen molar-refractivity contribution >= 4 is 11.9 Å². The summed E-state index contributed by atoms with van der Waals surface area (Å²) in [5, 5.41) is 0. The maximum absolute atomic E-state index is 13.1. The number of para-hydroxylation sites is 1. The van der Waals surface area contributed by atoms with Crippen molar-refractivity contribution in [3.8, 4) is 11.5 Å². The van der Waals surface area contributed by atoms with Crippen LogP contribution in [0.5, 0.6) is 11.5 Å². The molecule has 0 spiro atoms. The van der Waals surface area contributed by atoms with Crippen molar-refractivity contribution in [2.75, 3.05) is 14.2 Å². The molecule has 1 aromatic carbocycles. The SMILES string of the molecule is COc1cccc(/C=C/C(=O)C23CC4CC(CC(C4)C2)C3)c1OC. The molecule has 0 N–H and O–H groups in total. The van der Waals surface area contributed by atoms with Crippen LogP contribution in [0.4, 0.5) is 0 Å². The Kier molecular flexibility index (Phi) is 3.90. The van der Waals surface area contributed by atoms with Gasteiger partial charge in [-0.3, -0.25) is 4.79 Å². The van der Waals surface area contributed by atoms with E-state index in [2.05, 4.69) is 0 Å². The number of ether oxygens (including phenoxy) is 2. The van der Waals surface area contributed by atoms with Crippen molar-refractivity contribution in [1.29, 1.82) is 0 Å². The van der Waals surface area contributed by atoms with Crippen LogP contribution in [0.1, 0.15) is 44.1 Å². The third-order valence-corrected chi connectivity index (χ3v) is 6.41. The fourth-order valence-electron chi connectivity index (χ4n) is 5.80. The van der Waals surface area contributed by atoms with Crippen LogP contribution in [0.2, 0.25) is 0 Å². The molecule has 24 heavy (non-hydrogen) atoms. The molecule has 4 aliphatic carbocycles. The molecule has 4 aliphatic rings. The average Bonchev–Trinajstić information content (AvgIpc) is 2.57. The van der Waals surface area contributed by atoms with E-state index in [0.29, 0.717) is 17.3 Å². The second-order valence-electron chi connectivity index (χ2n) is 7.98. The third kappa shape index (κ3) is 2.54. The van der Waals surface area contributed by atoms with E-state index in [1.54, 1.807) is 20.3 Å². The molecule has 4 fully saturated rings. The first-order chi connectivity index (χ1) is 11.6. The summed E-state index contributed by atoms with van der Waals surface area (Å²) < 4.78 is 10.8. The van der Waals surface area contributed by atoms with Crippen LogP contribution < -0.4 is 9.47 Å². The van der Waals surface area contributed by atoms with Gasteiger partial charge >= 0.3 is 0 Å². The fourth-order valence-corrected chi connectivity index (χ4v) is 5.80. The largest absolute Gasteiger partial charge is 0.493 e. The molecule has 128 valence electrons. The number of hydrogen-bond donors (Lipinski definition) is 0. The molecule has 3 nitrogen and oxygen atoms in total. The second kappa shape index (κ2) is 5.94. The molecular weight excluding hydrogens is 300 g/mol. The molecule has 4 bridgehead atoms. The Morgan fingerprint density at radius 3 is 2.21 bits per heavy atom. The van der Waals surface area contributed by atoms with Crippen LogP contribution in [0.25, 0.3) is 6.08 Å². The minimum atomic E-state index is -0.0721. The summed E-state index contributed by atoms with van der Waals surface area (Å²) in [7, 11) is 3.27. The lowest BCUT2D eigenvalue weighted by molar-refractivity contribution is -0.138. The number of hydrogen-bond acceptors (Lipinski definition) is 3. The summed E-state index contributed by atoms with van der Waals surface area (Å²) in [5.74, 6) is 4.09. The van der Waals surface area contributed by atoms with Gasteiger partial charge in [0.05, 0.1) is 14.2 Å². The number of carbonyl (C=O) groups is 1. The first-order valence-corrected chi connectivity index (χ1v) is 9.07. The molecule has 0 amide bonds. The van der Waals surface area contributed by atoms with Crippen LogP contribution in [0, 0.1) is 23.2 Å². The van der Waals surface area contributed by atoms with Gasteiger partial charge in [0.2, 0.25) is 0 Å². The van der Waals surface area contributed by atoms with Crippen molar-refractivity contribution < 1.29 is 14.3 Å². The third-order valence-electron chi connectivity index (χ3n) is 6.41. The van der Waals surface area contributed by atoms with Crippen LogP contribution in [0.15, 0.2) is 24.3 Å². The molecule has 1 aromatic rings. The predicted octanol–water partition coefficient (Wildman–Crippen LogP) is 4.50. The minimum Gasteiger partial charge on any atom is -0.493 e. The maximum atomic E-state index is 13.1. The Morgan fingerprint density at radius 2 is 1.67 bits per heavy atom. The van der Waals surface area contributed by atoms with E-state index < -0.39 is 0 Å². The minimum absolute atomic E-state index is 0.0721. The molecule has 0 atom stereocenters. The van der Waals surface area contributed by atoms with E-state index in [0.717, 1.165) is 42.6 Å². The van der Waals surface area contributed by atoms with Crippen LogP contribution in [0.3, 0.4) is 0 Å². The highest BCUT2D eigenvalue weighted by atomic mass is 16.5. The molecule has 3 heteroatoms. The fraction of sp³-hybridized carbons (Fsp3) is 0.571. The highest BCUT2D eigenvalue weighted by Gasteiger charge is 2.53. The Hall–Kier alpha value is -1.77. The van der Waals surface area contributed by atoms with E-state index in [1.165, 1.54) is 19.3 Å². The van der Waals surface area contributed by atoms with Crippen LogP contribution in [-0.2, 0) is 4.79 Å². The summed E-state index contributed by atoms with van der Waals surface area (Å²) >= 11 is 0. The van der Waals surface area contributed by atoms with Gasteiger partial charge in [-0.25, -0.2) is 0 Å². The van der Waals surface area contributed by atoms with Gasteiger partial charge in [-0.1, -0.05) is 12.1 Å². The first-order valence-electron chi connectivity index (χ1n) is 9.07. The number of ketones is 1. The highest BCUT2D eigenvalue weighted by Crippen LogP contribution is 2.60. The standard InChI is InChI=1S/C21H26O3/c1-23-18-5-3-4-17(20(18)24-2)6-7-19(22)21-11-14-8-15(12-21)10-16(9-14)13-21/h3-7,14-16H,8-13H2,1-2H3/b7-6+. The van der Waals surface area contributed by atoms with Gasteiger partial charge in [0, 0.05) is 11.0 Å². The summed E-state index contributed by atoms with van der Waals surface area (Å²) in [6.07, 6.45) is 11.1. The number of rotatable bonds is 5. The number of allylic oxidation sites excluding steroid dienone is 1. The highest BCUT2D eigenvalue weighted by molar-refractivity contribution is 5.98. The van der Waals surface area contributed by atoms with Gasteiger partial charge in [-0.05, 0) is 74.5 Å². The zero-order valence-corrected chi connectivity index (χ0v) is 14.6. The topological polar surface area (TPSA) is 35.5 Å². The molecule has 0 aromatic heterocycles. The van der Waals surface area contributed by atoms with E-state index in [-0.39, 0.29) is 5.41 Å². The molecule has 0 unspecified atom stereocenters. The number of benzene rings is 1. The summed E-state index contributed by atoms with van der Waals surface area (Å²) in [5.41, 5.74) is 0.826. The molecule has 0 saturated heterocycles. The molecule has 0 radical (unpaired) electrons. The normalized spacial score (nSPS) is 33.8. The van der Waals surface area contributed by atoms with E-state index in [9.17, 15) is 4.79 Å². The van der Waals surface area contributed by atoms with Crippen molar-refractivity contribution in [2.45, 2.75) is 38.5 Å². The lowest BCUT2D eigenvalue weighted by Gasteiger charge is -2.55. The zero-order chi connectivity index (χ0) is 16.7. The first kappa shape index (κ1) is 15.7. The monoisotopic (exact) mass is 326 g/mol. The molecular formula is C21H26O3. The summed E-state index contributed by atoms with van der Waals surface area (Å²) in [4.78, 5) is 13.1. The Labute approximate surface area is 144 Å². The van der Waals surface area contributed by atoms with Gasteiger partial charge in [-0.15, -0.1) is 0 Å². The van der Waals surface area contributed by atoms with E-state index >= 15 is 0 Å². The summed E-state index contributed by atoms with van der Waals surface area (Å²) in [6.45, 7) is 0. The summed E-state index contributed by atoms with van der Waals surface area (Å²) in [6, 6.07) is 5.76. The predicted molar refractivity (Wildman–Crippen MR) is 94.2 cm³/mol. The second-order valence-corrected chi connectivity index (χ2v) is 7.98. The van der Waals surface area contributed by atoms with Gasteiger partial charge < -0.3 is 9.47 Å². The Balaban J connectivity index is 1.57. The molecule has 0 aliphatic heterocycles. The van der Waals surface area contributed by atoms with Gasteiger partial charge in [0.25, 0.3) is 0 Å². The van der Waals surface area contributed by atoms with E-state index in [4.69, 9.17) is 9.47 Å². The maximum Gasteiger partial charge on any atom is 0.167 e. The van der Waals surface area contributed by atoms with Gasteiger partial charge in [0.15, 0.2) is 17.3 Å². The Bertz CT molecular complexity index is 638. The average molecular weight is 326 g/mol. The van der Waals surface area contributed by atoms with E-state index in [1.807, 2.05) is 24.3 Å². The lowest BCUT2D eigenvalue weighted by atomic mass is 9.48.